The number of thiocarbonyl (C=S) groups is 1. The molecule has 0 aliphatic heterocycles. The molecule has 0 aliphatic rings. The van der Waals surface area contributed by atoms with Crippen molar-refractivity contribution in [2.24, 2.45) is 0 Å². The number of benzene rings is 1. The first kappa shape index (κ1) is 15.9. The lowest BCUT2D eigenvalue weighted by Gasteiger charge is -2.36. The highest BCUT2D eigenvalue weighted by molar-refractivity contribution is 7.80. The van der Waals surface area contributed by atoms with E-state index in [9.17, 15) is 4.39 Å². The average Bonchev–Trinajstić information content (AvgIpc) is 2.38. The van der Waals surface area contributed by atoms with Crippen molar-refractivity contribution in [3.8, 4) is 0 Å². The molecule has 1 rings (SSSR count). The van der Waals surface area contributed by atoms with Gasteiger partial charge in [-0.1, -0.05) is 19.9 Å². The molecule has 0 aromatic heterocycles. The fraction of sp³-hybridized carbons (Fsp3) is 0.533. The minimum absolute atomic E-state index is 0.258. The zero-order valence-corrected chi connectivity index (χ0v) is 12.9. The van der Waals surface area contributed by atoms with Crippen molar-refractivity contribution in [1.82, 2.24) is 4.90 Å². The highest BCUT2D eigenvalue weighted by atomic mass is 32.1. The summed E-state index contributed by atoms with van der Waals surface area (Å²) in [6, 6.07) is 7.11. The van der Waals surface area contributed by atoms with Crippen LogP contribution >= 0.6 is 12.2 Å². The van der Waals surface area contributed by atoms with Crippen molar-refractivity contribution in [3.05, 3.63) is 30.1 Å². The van der Waals surface area contributed by atoms with Crippen molar-refractivity contribution in [1.29, 1.82) is 0 Å². The first-order valence-electron chi connectivity index (χ1n) is 6.84. The maximum absolute atomic E-state index is 13.2. The summed E-state index contributed by atoms with van der Waals surface area (Å²) < 4.78 is 13.2. The number of rotatable bonds is 5. The van der Waals surface area contributed by atoms with E-state index in [0.717, 1.165) is 12.8 Å². The number of nitrogens with zero attached hydrogens (tertiary/aromatic N) is 1. The molecule has 0 radical (unpaired) electrons. The number of anilines is 1. The molecule has 1 aromatic rings. The van der Waals surface area contributed by atoms with Crippen LogP contribution in [0.2, 0.25) is 0 Å². The second-order valence-electron chi connectivity index (χ2n) is 4.86. The predicted octanol–water partition coefficient (Wildman–Crippen LogP) is 4.42. The summed E-state index contributed by atoms with van der Waals surface area (Å²) in [5.74, 6) is -0.258. The molecular formula is C15H23FN2S. The molecule has 2 nitrogen and oxygen atoms in total. The van der Waals surface area contributed by atoms with Crippen LogP contribution in [0.5, 0.6) is 0 Å². The topological polar surface area (TPSA) is 15.3 Å². The molecule has 0 bridgehead atoms. The quantitative estimate of drug-likeness (QED) is 0.805. The van der Waals surface area contributed by atoms with E-state index < -0.39 is 0 Å². The van der Waals surface area contributed by atoms with Crippen LogP contribution in [0.25, 0.3) is 0 Å². The number of hydrogen-bond donors (Lipinski definition) is 1. The summed E-state index contributed by atoms with van der Waals surface area (Å²) in [7, 11) is 0. The van der Waals surface area contributed by atoms with Crippen LogP contribution in [0.1, 0.15) is 40.5 Å². The molecule has 19 heavy (non-hydrogen) atoms. The summed E-state index contributed by atoms with van der Waals surface area (Å²) >= 11 is 5.48. The molecule has 106 valence electrons. The van der Waals surface area contributed by atoms with Crippen LogP contribution in [0.15, 0.2) is 24.3 Å². The van der Waals surface area contributed by atoms with Gasteiger partial charge in [-0.25, -0.2) is 4.39 Å². The molecule has 4 heteroatoms. The van der Waals surface area contributed by atoms with Crippen LogP contribution in [-0.2, 0) is 0 Å². The van der Waals surface area contributed by atoms with Crippen molar-refractivity contribution >= 4 is 23.0 Å². The molecule has 0 spiro atoms. The van der Waals surface area contributed by atoms with Gasteiger partial charge in [0.25, 0.3) is 0 Å². The third-order valence-corrected chi connectivity index (χ3v) is 3.75. The second kappa shape index (κ2) is 7.43. The summed E-state index contributed by atoms with van der Waals surface area (Å²) in [5, 5.41) is 3.79. The van der Waals surface area contributed by atoms with E-state index in [1.54, 1.807) is 6.07 Å². The Hall–Kier alpha value is -1.16. The standard InChI is InChI=1S/C15H23FN2S/c1-5-11(3)18(12(4)6-2)15(19)17-14-9-7-8-13(16)10-14/h7-12H,5-6H2,1-4H3,(H,17,19). The van der Waals surface area contributed by atoms with Crippen LogP contribution in [0.4, 0.5) is 10.1 Å². The van der Waals surface area contributed by atoms with Crippen LogP contribution in [0, 0.1) is 5.82 Å². The van der Waals surface area contributed by atoms with E-state index in [0.29, 0.717) is 22.9 Å². The smallest absolute Gasteiger partial charge is 0.173 e. The Morgan fingerprint density at radius 3 is 2.32 bits per heavy atom. The Labute approximate surface area is 121 Å². The summed E-state index contributed by atoms with van der Waals surface area (Å²) in [5.41, 5.74) is 0.696. The van der Waals surface area contributed by atoms with E-state index in [-0.39, 0.29) is 5.82 Å². The number of halogens is 1. The molecule has 2 unspecified atom stereocenters. The van der Waals surface area contributed by atoms with Gasteiger partial charge in [0.15, 0.2) is 5.11 Å². The Bertz CT molecular complexity index is 412. The van der Waals surface area contributed by atoms with Crippen LogP contribution in [0.3, 0.4) is 0 Å². The molecule has 1 aromatic carbocycles. The molecule has 0 saturated heterocycles. The Morgan fingerprint density at radius 2 is 1.84 bits per heavy atom. The molecule has 0 aliphatic carbocycles. The van der Waals surface area contributed by atoms with Gasteiger partial charge in [-0.2, -0.15) is 0 Å². The van der Waals surface area contributed by atoms with Crippen molar-refractivity contribution in [2.45, 2.75) is 52.6 Å². The third-order valence-electron chi connectivity index (χ3n) is 3.44. The van der Waals surface area contributed by atoms with Crippen LogP contribution in [-0.4, -0.2) is 22.1 Å². The molecule has 0 amide bonds. The second-order valence-corrected chi connectivity index (χ2v) is 5.25. The van der Waals surface area contributed by atoms with Crippen molar-refractivity contribution < 1.29 is 4.39 Å². The first-order chi connectivity index (χ1) is 8.99. The molecular weight excluding hydrogens is 259 g/mol. The zero-order chi connectivity index (χ0) is 14.4. The van der Waals surface area contributed by atoms with Gasteiger partial charge in [-0.05, 0) is 57.1 Å². The fourth-order valence-corrected chi connectivity index (χ4v) is 2.46. The maximum Gasteiger partial charge on any atom is 0.173 e. The molecule has 0 saturated carbocycles. The van der Waals surface area contributed by atoms with Crippen molar-refractivity contribution in [2.75, 3.05) is 5.32 Å². The minimum atomic E-state index is -0.258. The molecule has 1 N–H and O–H groups in total. The highest BCUT2D eigenvalue weighted by Gasteiger charge is 2.20. The van der Waals surface area contributed by atoms with Gasteiger partial charge in [0.05, 0.1) is 0 Å². The van der Waals surface area contributed by atoms with E-state index in [1.807, 2.05) is 6.07 Å². The fourth-order valence-electron chi connectivity index (χ4n) is 1.98. The predicted molar refractivity (Wildman–Crippen MR) is 84.0 cm³/mol. The average molecular weight is 282 g/mol. The minimum Gasteiger partial charge on any atom is -0.344 e. The van der Waals surface area contributed by atoms with E-state index in [1.165, 1.54) is 12.1 Å². The molecule has 0 fully saturated rings. The molecule has 2 atom stereocenters. The van der Waals surface area contributed by atoms with Crippen LogP contribution < -0.4 is 5.32 Å². The Kier molecular flexibility index (Phi) is 6.22. The largest absolute Gasteiger partial charge is 0.344 e. The Morgan fingerprint density at radius 1 is 1.26 bits per heavy atom. The number of hydrogen-bond acceptors (Lipinski definition) is 1. The van der Waals surface area contributed by atoms with Gasteiger partial charge in [-0.3, -0.25) is 0 Å². The summed E-state index contributed by atoms with van der Waals surface area (Å²) in [6.45, 7) is 8.60. The van der Waals surface area contributed by atoms with Gasteiger partial charge in [0, 0.05) is 17.8 Å². The van der Waals surface area contributed by atoms with Crippen molar-refractivity contribution in [3.63, 3.8) is 0 Å². The Balaban J connectivity index is 2.82. The number of nitrogens with one attached hydrogen (secondary N) is 1. The van der Waals surface area contributed by atoms with Gasteiger partial charge in [-0.15, -0.1) is 0 Å². The lowest BCUT2D eigenvalue weighted by molar-refractivity contribution is 0.254. The lowest BCUT2D eigenvalue weighted by Crippen LogP contribution is -2.46. The third kappa shape index (κ3) is 4.46. The molecule has 0 heterocycles. The van der Waals surface area contributed by atoms with E-state index in [2.05, 4.69) is 37.9 Å². The zero-order valence-electron chi connectivity index (χ0n) is 12.1. The lowest BCUT2D eigenvalue weighted by atomic mass is 10.1. The first-order valence-corrected chi connectivity index (χ1v) is 7.25. The van der Waals surface area contributed by atoms with E-state index >= 15 is 0 Å². The van der Waals surface area contributed by atoms with Gasteiger partial charge >= 0.3 is 0 Å². The normalized spacial score (nSPS) is 13.7. The summed E-state index contributed by atoms with van der Waals surface area (Å²) in [6.07, 6.45) is 2.05. The van der Waals surface area contributed by atoms with E-state index in [4.69, 9.17) is 12.2 Å². The summed E-state index contributed by atoms with van der Waals surface area (Å²) in [4.78, 5) is 2.19. The highest BCUT2D eigenvalue weighted by Crippen LogP contribution is 2.16. The van der Waals surface area contributed by atoms with Gasteiger partial charge in [0.2, 0.25) is 0 Å². The van der Waals surface area contributed by atoms with Gasteiger partial charge < -0.3 is 10.2 Å². The monoisotopic (exact) mass is 282 g/mol. The van der Waals surface area contributed by atoms with Gasteiger partial charge in [0.1, 0.15) is 5.82 Å². The maximum atomic E-state index is 13.2. The SMILES string of the molecule is CCC(C)N(C(=S)Nc1cccc(F)c1)C(C)CC.